The van der Waals surface area contributed by atoms with E-state index < -0.39 is 0 Å². The topological polar surface area (TPSA) is 67.9 Å². The molecule has 3 aromatic rings. The second-order valence-electron chi connectivity index (χ2n) is 9.58. The van der Waals surface area contributed by atoms with Crippen molar-refractivity contribution in [1.29, 1.82) is 5.26 Å². The molecule has 0 radical (unpaired) electrons. The van der Waals surface area contributed by atoms with E-state index in [0.717, 1.165) is 47.0 Å². The zero-order valence-corrected chi connectivity index (χ0v) is 20.4. The molecule has 1 aromatic heterocycles. The lowest BCUT2D eigenvalue weighted by atomic mass is 9.83. The second-order valence-corrected chi connectivity index (χ2v) is 9.58. The molecule has 1 fully saturated rings. The number of carbonyl (C=O) groups is 1. The first-order valence-corrected chi connectivity index (χ1v) is 12.3. The van der Waals surface area contributed by atoms with Crippen LogP contribution in [-0.2, 0) is 0 Å². The third kappa shape index (κ3) is 5.22. The van der Waals surface area contributed by atoms with E-state index in [1.807, 2.05) is 48.0 Å². The average molecular weight is 456 g/mol. The van der Waals surface area contributed by atoms with Gasteiger partial charge in [-0.1, -0.05) is 39.0 Å². The summed E-state index contributed by atoms with van der Waals surface area (Å²) >= 11 is 0. The predicted octanol–water partition coefficient (Wildman–Crippen LogP) is 6.91. The number of nitrogens with zero attached hydrogens (tertiary/aromatic N) is 3. The summed E-state index contributed by atoms with van der Waals surface area (Å²) in [7, 11) is 1.65. The SMILES string of the molecule is COc1ccc(-c2c(C)c(C(=O)CC3CCCCC(C)CC3)nn2-c2ccc(C#N)cc2)cc1. The van der Waals surface area contributed by atoms with E-state index in [-0.39, 0.29) is 5.78 Å². The minimum Gasteiger partial charge on any atom is -0.497 e. The number of carbonyl (C=O) groups excluding carboxylic acids is 1. The third-order valence-corrected chi connectivity index (χ3v) is 7.09. The predicted molar refractivity (Wildman–Crippen MR) is 134 cm³/mol. The van der Waals surface area contributed by atoms with Gasteiger partial charge in [-0.3, -0.25) is 4.79 Å². The van der Waals surface area contributed by atoms with Crippen LogP contribution >= 0.6 is 0 Å². The van der Waals surface area contributed by atoms with E-state index in [1.165, 1.54) is 25.7 Å². The molecule has 0 saturated heterocycles. The van der Waals surface area contributed by atoms with Gasteiger partial charge in [0, 0.05) is 17.5 Å². The van der Waals surface area contributed by atoms with Crippen LogP contribution in [0.4, 0.5) is 0 Å². The van der Waals surface area contributed by atoms with Crippen LogP contribution in [0.25, 0.3) is 16.9 Å². The first kappa shape index (κ1) is 23.8. The molecule has 2 atom stereocenters. The quantitative estimate of drug-likeness (QED) is 0.379. The highest BCUT2D eigenvalue weighted by molar-refractivity contribution is 5.97. The van der Waals surface area contributed by atoms with E-state index in [1.54, 1.807) is 19.2 Å². The van der Waals surface area contributed by atoms with Gasteiger partial charge < -0.3 is 4.74 Å². The summed E-state index contributed by atoms with van der Waals surface area (Å²) in [6, 6.07) is 17.3. The number of Topliss-reactive ketones (excluding diaryl/α,β-unsaturated/α-hetero) is 1. The standard InChI is InChI=1S/C29H33N3O2/c1-20-6-4-5-7-22(9-8-20)18-27(33)28-21(2)29(24-12-16-26(34-3)17-13-24)32(31-28)25-14-10-23(19-30)11-15-25/h10-17,20,22H,4-9,18H2,1-3H3. The number of benzene rings is 2. The van der Waals surface area contributed by atoms with Crippen molar-refractivity contribution < 1.29 is 9.53 Å². The van der Waals surface area contributed by atoms with Crippen LogP contribution in [0.5, 0.6) is 5.75 Å². The van der Waals surface area contributed by atoms with Gasteiger partial charge in [0.15, 0.2) is 5.78 Å². The molecule has 34 heavy (non-hydrogen) atoms. The number of rotatable bonds is 6. The monoisotopic (exact) mass is 455 g/mol. The number of hydrogen-bond donors (Lipinski definition) is 0. The number of methoxy groups -OCH3 is 1. The van der Waals surface area contributed by atoms with Crippen molar-refractivity contribution in [3.63, 3.8) is 0 Å². The summed E-state index contributed by atoms with van der Waals surface area (Å²) in [4.78, 5) is 13.5. The molecule has 1 aliphatic rings. The summed E-state index contributed by atoms with van der Waals surface area (Å²) in [6.07, 6.45) is 7.78. The molecule has 1 aliphatic carbocycles. The van der Waals surface area contributed by atoms with E-state index in [0.29, 0.717) is 23.6 Å². The van der Waals surface area contributed by atoms with Gasteiger partial charge in [0.25, 0.3) is 0 Å². The van der Waals surface area contributed by atoms with Gasteiger partial charge in [-0.15, -0.1) is 0 Å². The average Bonchev–Trinajstić information content (AvgIpc) is 3.20. The molecule has 0 spiro atoms. The van der Waals surface area contributed by atoms with Gasteiger partial charge in [0.2, 0.25) is 0 Å². The Morgan fingerprint density at radius 3 is 2.44 bits per heavy atom. The highest BCUT2D eigenvalue weighted by atomic mass is 16.5. The molecule has 2 unspecified atom stereocenters. The van der Waals surface area contributed by atoms with E-state index in [2.05, 4.69) is 13.0 Å². The van der Waals surface area contributed by atoms with Gasteiger partial charge in [-0.25, -0.2) is 4.68 Å². The lowest BCUT2D eigenvalue weighted by molar-refractivity contribution is 0.0945. The van der Waals surface area contributed by atoms with Crippen LogP contribution in [0.1, 0.15) is 73.5 Å². The van der Waals surface area contributed by atoms with Crippen LogP contribution in [0.15, 0.2) is 48.5 Å². The Balaban J connectivity index is 1.70. The number of aromatic nitrogens is 2. The van der Waals surface area contributed by atoms with Crippen LogP contribution in [0.2, 0.25) is 0 Å². The van der Waals surface area contributed by atoms with E-state index in [4.69, 9.17) is 9.84 Å². The molecule has 4 rings (SSSR count). The normalized spacial score (nSPS) is 18.5. The Labute approximate surface area is 202 Å². The summed E-state index contributed by atoms with van der Waals surface area (Å²) in [5.41, 5.74) is 4.71. The second kappa shape index (κ2) is 10.7. The molecule has 0 N–H and O–H groups in total. The Hall–Kier alpha value is -3.39. The maximum atomic E-state index is 13.5. The summed E-state index contributed by atoms with van der Waals surface area (Å²) in [6.45, 7) is 4.31. The van der Waals surface area contributed by atoms with Crippen LogP contribution in [-0.4, -0.2) is 22.7 Å². The zero-order chi connectivity index (χ0) is 24.1. The maximum absolute atomic E-state index is 13.5. The molecule has 5 heteroatoms. The Kier molecular flexibility index (Phi) is 7.47. The van der Waals surface area contributed by atoms with Crippen molar-refractivity contribution in [2.75, 3.05) is 7.11 Å². The molecular formula is C29H33N3O2. The zero-order valence-electron chi connectivity index (χ0n) is 20.4. The van der Waals surface area contributed by atoms with Gasteiger partial charge in [0.1, 0.15) is 11.4 Å². The summed E-state index contributed by atoms with van der Waals surface area (Å²) in [5, 5.41) is 14.0. The number of nitriles is 1. The van der Waals surface area contributed by atoms with Gasteiger partial charge in [-0.2, -0.15) is 10.4 Å². The molecule has 2 aromatic carbocycles. The van der Waals surface area contributed by atoms with Crippen molar-refractivity contribution in [3.05, 3.63) is 65.4 Å². The molecule has 1 saturated carbocycles. The number of hydrogen-bond acceptors (Lipinski definition) is 4. The van der Waals surface area contributed by atoms with Crippen LogP contribution < -0.4 is 4.74 Å². The molecule has 5 nitrogen and oxygen atoms in total. The Morgan fingerprint density at radius 2 is 1.76 bits per heavy atom. The lowest BCUT2D eigenvalue weighted by Crippen LogP contribution is -2.14. The fraction of sp³-hybridized carbons (Fsp3) is 0.414. The third-order valence-electron chi connectivity index (χ3n) is 7.09. The number of ketones is 1. The highest BCUT2D eigenvalue weighted by Gasteiger charge is 2.25. The Morgan fingerprint density at radius 1 is 1.06 bits per heavy atom. The van der Waals surface area contributed by atoms with E-state index >= 15 is 0 Å². The molecule has 0 amide bonds. The summed E-state index contributed by atoms with van der Waals surface area (Å²) < 4.78 is 7.16. The largest absolute Gasteiger partial charge is 0.497 e. The Bertz CT molecular complexity index is 1170. The molecule has 176 valence electrons. The van der Waals surface area contributed by atoms with Gasteiger partial charge in [-0.05, 0) is 73.7 Å². The first-order valence-electron chi connectivity index (χ1n) is 12.3. The van der Waals surface area contributed by atoms with E-state index in [9.17, 15) is 10.1 Å². The van der Waals surface area contributed by atoms with Crippen molar-refractivity contribution in [3.8, 4) is 28.8 Å². The minimum absolute atomic E-state index is 0.123. The lowest BCUT2D eigenvalue weighted by Gasteiger charge is -2.22. The van der Waals surface area contributed by atoms with Gasteiger partial charge in [0.05, 0.1) is 30.1 Å². The van der Waals surface area contributed by atoms with Crippen molar-refractivity contribution >= 4 is 5.78 Å². The molecular weight excluding hydrogens is 422 g/mol. The minimum atomic E-state index is 0.123. The number of ether oxygens (including phenoxy) is 1. The fourth-order valence-corrected chi connectivity index (χ4v) is 5.01. The van der Waals surface area contributed by atoms with Crippen molar-refractivity contribution in [2.45, 2.75) is 58.8 Å². The fourth-order valence-electron chi connectivity index (χ4n) is 5.01. The van der Waals surface area contributed by atoms with Crippen LogP contribution in [0.3, 0.4) is 0 Å². The molecule has 1 heterocycles. The summed E-state index contributed by atoms with van der Waals surface area (Å²) in [5.74, 6) is 2.08. The smallest absolute Gasteiger partial charge is 0.183 e. The molecule has 0 bridgehead atoms. The highest BCUT2D eigenvalue weighted by Crippen LogP contribution is 2.33. The van der Waals surface area contributed by atoms with Crippen LogP contribution in [0, 0.1) is 30.1 Å². The van der Waals surface area contributed by atoms with Crippen molar-refractivity contribution in [1.82, 2.24) is 9.78 Å². The molecule has 0 aliphatic heterocycles. The van der Waals surface area contributed by atoms with Gasteiger partial charge >= 0.3 is 0 Å². The van der Waals surface area contributed by atoms with Crippen molar-refractivity contribution in [2.24, 2.45) is 11.8 Å². The first-order chi connectivity index (χ1) is 16.5. The maximum Gasteiger partial charge on any atom is 0.183 e.